The maximum Gasteiger partial charge on any atom is 0.145 e. The van der Waals surface area contributed by atoms with Gasteiger partial charge in [0, 0.05) is 31.7 Å². The lowest BCUT2D eigenvalue weighted by Crippen LogP contribution is -2.26. The van der Waals surface area contributed by atoms with E-state index in [1.807, 2.05) is 18.5 Å². The Labute approximate surface area is 144 Å². The molecule has 1 saturated heterocycles. The van der Waals surface area contributed by atoms with Gasteiger partial charge in [0.2, 0.25) is 0 Å². The van der Waals surface area contributed by atoms with Crippen LogP contribution in [-0.2, 0) is 19.6 Å². The minimum absolute atomic E-state index is 0.305. The number of imidazole rings is 1. The Morgan fingerprint density at radius 1 is 1.25 bits per heavy atom. The fourth-order valence-corrected chi connectivity index (χ4v) is 3.41. The lowest BCUT2D eigenvalue weighted by Gasteiger charge is -2.23. The van der Waals surface area contributed by atoms with E-state index < -0.39 is 0 Å². The van der Waals surface area contributed by atoms with E-state index >= 15 is 0 Å². The van der Waals surface area contributed by atoms with Crippen molar-refractivity contribution in [2.24, 2.45) is 0 Å². The molecule has 1 aliphatic rings. The van der Waals surface area contributed by atoms with Crippen LogP contribution in [0.15, 0.2) is 24.7 Å². The number of aromatic nitrogens is 4. The molecule has 1 fully saturated rings. The highest BCUT2D eigenvalue weighted by atomic mass is 15.2. The van der Waals surface area contributed by atoms with Gasteiger partial charge in [0.25, 0.3) is 0 Å². The maximum atomic E-state index is 4.81. The molecule has 2 aromatic rings. The lowest BCUT2D eigenvalue weighted by atomic mass is 10.2. The average Bonchev–Trinajstić information content (AvgIpc) is 3.18. The average molecular weight is 328 g/mol. The van der Waals surface area contributed by atoms with E-state index in [0.29, 0.717) is 6.04 Å². The Hall–Kier alpha value is -1.79. The number of nitrogens with zero attached hydrogens (tertiary/aromatic N) is 6. The van der Waals surface area contributed by atoms with Gasteiger partial charge in [0.15, 0.2) is 0 Å². The molecule has 0 amide bonds. The van der Waals surface area contributed by atoms with Gasteiger partial charge >= 0.3 is 0 Å². The fourth-order valence-electron chi connectivity index (χ4n) is 3.41. The van der Waals surface area contributed by atoms with Crippen LogP contribution in [0.3, 0.4) is 0 Å². The van der Waals surface area contributed by atoms with Crippen LogP contribution in [0.1, 0.15) is 49.6 Å². The molecule has 0 bridgehead atoms. The number of aryl methyl sites for hydroxylation is 1. The minimum Gasteiger partial charge on any atom is -0.334 e. The first-order valence-electron chi connectivity index (χ1n) is 8.88. The molecule has 1 atom stereocenters. The van der Waals surface area contributed by atoms with Crippen molar-refractivity contribution in [2.75, 3.05) is 20.6 Å². The summed E-state index contributed by atoms with van der Waals surface area (Å²) in [5.41, 5.74) is 1.09. The Bertz CT molecular complexity index is 650. The standard InChI is InChI=1S/C18H28N6/c1-4-10-23-12-9-19-17(23)14-24-11-5-6-16(24)18-20-8-7-15(21-18)13-22(2)3/h7-9,12,16H,4-6,10-11,13-14H2,1-3H3/t16-/m0/s1. The number of likely N-dealkylation sites (tertiary alicyclic amines) is 1. The highest BCUT2D eigenvalue weighted by Gasteiger charge is 2.29. The summed E-state index contributed by atoms with van der Waals surface area (Å²) >= 11 is 0. The quantitative estimate of drug-likeness (QED) is 0.781. The Balaban J connectivity index is 1.74. The number of hydrogen-bond donors (Lipinski definition) is 0. The highest BCUT2D eigenvalue weighted by Crippen LogP contribution is 2.31. The van der Waals surface area contributed by atoms with Crippen molar-refractivity contribution >= 4 is 0 Å². The zero-order valence-corrected chi connectivity index (χ0v) is 15.0. The van der Waals surface area contributed by atoms with Crippen molar-refractivity contribution in [2.45, 2.75) is 51.9 Å². The van der Waals surface area contributed by atoms with Crippen LogP contribution in [0.2, 0.25) is 0 Å². The largest absolute Gasteiger partial charge is 0.334 e. The Morgan fingerprint density at radius 2 is 2.12 bits per heavy atom. The van der Waals surface area contributed by atoms with Gasteiger partial charge in [-0.15, -0.1) is 0 Å². The predicted octanol–water partition coefficient (Wildman–Crippen LogP) is 2.48. The summed E-state index contributed by atoms with van der Waals surface area (Å²) < 4.78 is 2.26. The first-order chi connectivity index (χ1) is 11.7. The summed E-state index contributed by atoms with van der Waals surface area (Å²) in [6, 6.07) is 2.32. The predicted molar refractivity (Wildman–Crippen MR) is 94.3 cm³/mol. The summed E-state index contributed by atoms with van der Waals surface area (Å²) in [5, 5.41) is 0. The molecule has 0 radical (unpaired) electrons. The SMILES string of the molecule is CCCn1ccnc1CN1CCC[C@H]1c1nccc(CN(C)C)n1. The topological polar surface area (TPSA) is 50.1 Å². The zero-order valence-electron chi connectivity index (χ0n) is 15.0. The summed E-state index contributed by atoms with van der Waals surface area (Å²) in [5.74, 6) is 2.11. The van der Waals surface area contributed by atoms with Gasteiger partial charge in [-0.3, -0.25) is 4.90 Å². The molecule has 0 saturated carbocycles. The van der Waals surface area contributed by atoms with Gasteiger partial charge < -0.3 is 9.47 Å². The summed E-state index contributed by atoms with van der Waals surface area (Å²) in [7, 11) is 4.13. The van der Waals surface area contributed by atoms with E-state index in [4.69, 9.17) is 4.98 Å². The van der Waals surface area contributed by atoms with Crippen LogP contribution in [0, 0.1) is 0 Å². The van der Waals surface area contributed by atoms with Crippen molar-refractivity contribution in [1.29, 1.82) is 0 Å². The van der Waals surface area contributed by atoms with Gasteiger partial charge in [-0.25, -0.2) is 15.0 Å². The normalized spacial score (nSPS) is 18.6. The van der Waals surface area contributed by atoms with E-state index in [1.165, 1.54) is 6.42 Å². The van der Waals surface area contributed by atoms with Crippen LogP contribution in [0.4, 0.5) is 0 Å². The van der Waals surface area contributed by atoms with E-state index in [9.17, 15) is 0 Å². The van der Waals surface area contributed by atoms with Crippen LogP contribution in [0.25, 0.3) is 0 Å². The van der Waals surface area contributed by atoms with Gasteiger partial charge in [-0.1, -0.05) is 6.92 Å². The van der Waals surface area contributed by atoms with Gasteiger partial charge in [-0.05, 0) is 46.0 Å². The summed E-state index contributed by atoms with van der Waals surface area (Å²) in [4.78, 5) is 18.6. The van der Waals surface area contributed by atoms with Crippen molar-refractivity contribution in [3.8, 4) is 0 Å². The molecule has 3 rings (SSSR count). The number of hydrogen-bond acceptors (Lipinski definition) is 5. The minimum atomic E-state index is 0.305. The van der Waals surface area contributed by atoms with Gasteiger partial charge in [0.1, 0.15) is 11.6 Å². The third-order valence-corrected chi connectivity index (χ3v) is 4.48. The van der Waals surface area contributed by atoms with E-state index in [0.717, 1.165) is 56.4 Å². The molecule has 2 aromatic heterocycles. The van der Waals surface area contributed by atoms with Crippen molar-refractivity contribution in [1.82, 2.24) is 29.3 Å². The molecular formula is C18H28N6. The first-order valence-corrected chi connectivity index (χ1v) is 8.88. The summed E-state index contributed by atoms with van der Waals surface area (Å²) in [6.07, 6.45) is 9.33. The zero-order chi connectivity index (χ0) is 16.9. The summed E-state index contributed by atoms with van der Waals surface area (Å²) in [6.45, 7) is 6.04. The molecular weight excluding hydrogens is 300 g/mol. The first kappa shape index (κ1) is 17.0. The molecule has 6 heteroatoms. The van der Waals surface area contributed by atoms with E-state index in [1.54, 1.807) is 0 Å². The van der Waals surface area contributed by atoms with Gasteiger partial charge in [-0.2, -0.15) is 0 Å². The molecule has 0 aliphatic carbocycles. The van der Waals surface area contributed by atoms with E-state index in [2.05, 4.69) is 51.6 Å². The molecule has 24 heavy (non-hydrogen) atoms. The highest BCUT2D eigenvalue weighted by molar-refractivity contribution is 5.07. The molecule has 3 heterocycles. The molecule has 130 valence electrons. The molecule has 0 N–H and O–H groups in total. The second kappa shape index (κ2) is 7.85. The second-order valence-corrected chi connectivity index (χ2v) is 6.81. The van der Waals surface area contributed by atoms with Crippen LogP contribution >= 0.6 is 0 Å². The second-order valence-electron chi connectivity index (χ2n) is 6.81. The maximum absolute atomic E-state index is 4.81. The lowest BCUT2D eigenvalue weighted by molar-refractivity contribution is 0.229. The molecule has 0 spiro atoms. The molecule has 6 nitrogen and oxygen atoms in total. The van der Waals surface area contributed by atoms with Crippen LogP contribution in [0.5, 0.6) is 0 Å². The monoisotopic (exact) mass is 328 g/mol. The molecule has 1 aliphatic heterocycles. The van der Waals surface area contributed by atoms with Crippen LogP contribution < -0.4 is 0 Å². The third kappa shape index (κ3) is 3.99. The molecule has 0 unspecified atom stereocenters. The Morgan fingerprint density at radius 3 is 2.92 bits per heavy atom. The van der Waals surface area contributed by atoms with Crippen LogP contribution in [-0.4, -0.2) is 50.0 Å². The fraction of sp³-hybridized carbons (Fsp3) is 0.611. The molecule has 0 aromatic carbocycles. The van der Waals surface area contributed by atoms with Crippen molar-refractivity contribution in [3.63, 3.8) is 0 Å². The van der Waals surface area contributed by atoms with Crippen molar-refractivity contribution in [3.05, 3.63) is 42.0 Å². The van der Waals surface area contributed by atoms with Crippen molar-refractivity contribution < 1.29 is 0 Å². The third-order valence-electron chi connectivity index (χ3n) is 4.48. The number of rotatable bonds is 7. The smallest absolute Gasteiger partial charge is 0.145 e. The Kier molecular flexibility index (Phi) is 5.58. The van der Waals surface area contributed by atoms with Gasteiger partial charge in [0.05, 0.1) is 18.3 Å². The van der Waals surface area contributed by atoms with E-state index in [-0.39, 0.29) is 0 Å².